The number of carbonyl (C=O) groups is 5. The third-order valence-electron chi connectivity index (χ3n) is 3.98. The van der Waals surface area contributed by atoms with Crippen LogP contribution in [0.5, 0.6) is 0 Å². The maximum atomic E-state index is 12.2. The molecule has 29 heavy (non-hydrogen) atoms. The molecule has 0 spiro atoms. The molecule has 0 unspecified atom stereocenters. The zero-order valence-corrected chi connectivity index (χ0v) is 18.1. The van der Waals surface area contributed by atoms with Gasteiger partial charge in [0.1, 0.15) is 24.2 Å². The maximum absolute atomic E-state index is 12.2. The SMILES string of the molecule is CCC(=O)[C@@H](CSSC[C@@H](CC(=O)CC[C@@H](N)C(=O)O)C(=O)NCC(=O)O)NC. The Bertz CT molecular complexity index is 589. The van der Waals surface area contributed by atoms with E-state index in [0.717, 1.165) is 0 Å². The van der Waals surface area contributed by atoms with Gasteiger partial charge in [0.25, 0.3) is 0 Å². The quantitative estimate of drug-likeness (QED) is 0.147. The van der Waals surface area contributed by atoms with Crippen molar-refractivity contribution in [2.24, 2.45) is 11.7 Å². The van der Waals surface area contributed by atoms with Gasteiger partial charge in [0, 0.05) is 30.8 Å². The van der Waals surface area contributed by atoms with E-state index in [1.165, 1.54) is 21.6 Å². The maximum Gasteiger partial charge on any atom is 0.322 e. The minimum absolute atomic E-state index is 0.0392. The van der Waals surface area contributed by atoms with Crippen LogP contribution in [0.4, 0.5) is 0 Å². The lowest BCUT2D eigenvalue weighted by Crippen LogP contribution is -2.37. The lowest BCUT2D eigenvalue weighted by molar-refractivity contribution is -0.139. The first-order valence-corrected chi connectivity index (χ1v) is 11.5. The van der Waals surface area contributed by atoms with E-state index < -0.39 is 36.4 Å². The summed E-state index contributed by atoms with van der Waals surface area (Å²) in [5.41, 5.74) is 5.37. The minimum atomic E-state index is -1.21. The summed E-state index contributed by atoms with van der Waals surface area (Å²) in [6.07, 6.45) is 0.141. The fourth-order valence-electron chi connectivity index (χ4n) is 2.18. The lowest BCUT2D eigenvalue weighted by Gasteiger charge is -2.17. The summed E-state index contributed by atoms with van der Waals surface area (Å²) in [6, 6.07) is -1.46. The van der Waals surface area contributed by atoms with Crippen molar-refractivity contribution in [3.63, 3.8) is 0 Å². The number of carboxylic acids is 2. The normalized spacial score (nSPS) is 13.9. The van der Waals surface area contributed by atoms with Crippen LogP contribution >= 0.6 is 21.6 Å². The smallest absolute Gasteiger partial charge is 0.322 e. The molecule has 0 aromatic heterocycles. The molecule has 0 aliphatic heterocycles. The molecule has 10 nitrogen and oxygen atoms in total. The van der Waals surface area contributed by atoms with E-state index in [-0.39, 0.29) is 42.6 Å². The standard InChI is InChI=1S/C17H29N3O7S2/c1-3-14(22)13(19-2)9-29-28-8-10(16(25)20-7-15(23)24)6-11(21)4-5-12(18)17(26)27/h10,12-13,19H,3-9,18H2,1-2H3,(H,20,25)(H,23,24)(H,26,27)/t10-,12-,13-/m1/s1. The average molecular weight is 452 g/mol. The Kier molecular flexibility index (Phi) is 14.4. The molecule has 0 aliphatic carbocycles. The zero-order valence-electron chi connectivity index (χ0n) is 16.5. The molecular formula is C17H29N3O7S2. The molecule has 0 saturated heterocycles. The van der Waals surface area contributed by atoms with Crippen LogP contribution in [0.2, 0.25) is 0 Å². The summed E-state index contributed by atoms with van der Waals surface area (Å²) in [7, 11) is 4.38. The van der Waals surface area contributed by atoms with Gasteiger partial charge in [0.15, 0.2) is 0 Å². The van der Waals surface area contributed by atoms with Crippen molar-refractivity contribution >= 4 is 51.0 Å². The van der Waals surface area contributed by atoms with E-state index in [1.807, 2.05) is 0 Å². The Balaban J connectivity index is 4.70. The number of hydrogen-bond acceptors (Lipinski definition) is 9. The number of ketones is 2. The topological polar surface area (TPSA) is 176 Å². The number of carboxylic acid groups (broad SMARTS) is 2. The molecular weight excluding hydrogens is 422 g/mol. The second kappa shape index (κ2) is 15.2. The summed E-state index contributed by atoms with van der Waals surface area (Å²) in [4.78, 5) is 57.5. The highest BCUT2D eigenvalue weighted by Gasteiger charge is 2.24. The molecule has 0 radical (unpaired) electrons. The van der Waals surface area contributed by atoms with E-state index in [4.69, 9.17) is 15.9 Å². The van der Waals surface area contributed by atoms with Gasteiger partial charge in [-0.3, -0.25) is 24.0 Å². The van der Waals surface area contributed by atoms with E-state index in [1.54, 1.807) is 14.0 Å². The first-order chi connectivity index (χ1) is 13.6. The Hall–Kier alpha value is -1.63. The van der Waals surface area contributed by atoms with E-state index >= 15 is 0 Å². The third-order valence-corrected chi connectivity index (χ3v) is 6.47. The molecule has 0 bridgehead atoms. The predicted molar refractivity (Wildman–Crippen MR) is 112 cm³/mol. The number of Topliss-reactive ketones (excluding diaryl/α,β-unsaturated/α-hetero) is 2. The minimum Gasteiger partial charge on any atom is -0.480 e. The number of likely N-dealkylation sites (N-methyl/N-ethyl adjacent to an activating group) is 1. The number of carbonyl (C=O) groups excluding carboxylic acids is 3. The zero-order chi connectivity index (χ0) is 22.4. The summed E-state index contributed by atoms with van der Waals surface area (Å²) in [6.45, 7) is 1.22. The molecule has 6 N–H and O–H groups in total. The van der Waals surface area contributed by atoms with E-state index in [0.29, 0.717) is 12.2 Å². The molecule has 0 heterocycles. The predicted octanol–water partition coefficient (Wildman–Crippen LogP) is -0.0968. The number of rotatable bonds is 17. The summed E-state index contributed by atoms with van der Waals surface area (Å²) in [5, 5.41) is 22.6. The highest BCUT2D eigenvalue weighted by atomic mass is 33.1. The Morgan fingerprint density at radius 1 is 1.07 bits per heavy atom. The molecule has 0 aliphatic rings. The van der Waals surface area contributed by atoms with Crippen LogP contribution in [0.3, 0.4) is 0 Å². The van der Waals surface area contributed by atoms with Crippen molar-refractivity contribution in [3.05, 3.63) is 0 Å². The van der Waals surface area contributed by atoms with Crippen LogP contribution < -0.4 is 16.4 Å². The number of amides is 1. The molecule has 0 fully saturated rings. The van der Waals surface area contributed by atoms with Crippen LogP contribution in [0.1, 0.15) is 32.6 Å². The van der Waals surface area contributed by atoms with Crippen molar-refractivity contribution in [2.75, 3.05) is 25.1 Å². The lowest BCUT2D eigenvalue weighted by atomic mass is 9.99. The fourth-order valence-corrected chi connectivity index (χ4v) is 4.77. The Morgan fingerprint density at radius 3 is 2.21 bits per heavy atom. The monoisotopic (exact) mass is 451 g/mol. The molecule has 0 aromatic rings. The van der Waals surface area contributed by atoms with Gasteiger partial charge in [-0.1, -0.05) is 28.5 Å². The number of aliphatic carboxylic acids is 2. The first kappa shape index (κ1) is 27.4. The second-order valence-corrected chi connectivity index (χ2v) is 8.82. The Morgan fingerprint density at radius 2 is 1.69 bits per heavy atom. The van der Waals surface area contributed by atoms with Gasteiger partial charge in [-0.15, -0.1) is 0 Å². The van der Waals surface area contributed by atoms with Crippen LogP contribution in [0.15, 0.2) is 0 Å². The van der Waals surface area contributed by atoms with Gasteiger partial charge in [-0.25, -0.2) is 0 Å². The van der Waals surface area contributed by atoms with Crippen molar-refractivity contribution in [3.8, 4) is 0 Å². The van der Waals surface area contributed by atoms with Gasteiger partial charge in [0.2, 0.25) is 5.91 Å². The second-order valence-electron chi connectivity index (χ2n) is 6.26. The van der Waals surface area contributed by atoms with Crippen molar-refractivity contribution in [2.45, 2.75) is 44.7 Å². The molecule has 1 amide bonds. The third kappa shape index (κ3) is 12.5. The van der Waals surface area contributed by atoms with E-state index in [9.17, 15) is 24.0 Å². The average Bonchev–Trinajstić information content (AvgIpc) is 2.68. The molecule has 0 saturated carbocycles. The summed E-state index contributed by atoms with van der Waals surface area (Å²) < 4.78 is 0. The number of hydrogen-bond donors (Lipinski definition) is 5. The van der Waals surface area contributed by atoms with Gasteiger partial charge in [-0.05, 0) is 13.5 Å². The van der Waals surface area contributed by atoms with Gasteiger partial charge in [0.05, 0.1) is 12.0 Å². The first-order valence-electron chi connectivity index (χ1n) is 9.06. The highest BCUT2D eigenvalue weighted by Crippen LogP contribution is 2.27. The number of nitrogens with two attached hydrogens (primary N) is 1. The van der Waals surface area contributed by atoms with Crippen molar-refractivity contribution in [1.29, 1.82) is 0 Å². The Labute approximate surface area is 177 Å². The van der Waals surface area contributed by atoms with Crippen LogP contribution in [0.25, 0.3) is 0 Å². The van der Waals surface area contributed by atoms with E-state index in [2.05, 4.69) is 10.6 Å². The van der Waals surface area contributed by atoms with Crippen molar-refractivity contribution < 1.29 is 34.2 Å². The largest absolute Gasteiger partial charge is 0.480 e. The summed E-state index contributed by atoms with van der Waals surface area (Å²) >= 11 is 0. The highest BCUT2D eigenvalue weighted by molar-refractivity contribution is 8.76. The van der Waals surface area contributed by atoms with Crippen LogP contribution in [0, 0.1) is 5.92 Å². The van der Waals surface area contributed by atoms with Gasteiger partial charge >= 0.3 is 11.9 Å². The number of nitrogens with one attached hydrogen (secondary N) is 2. The molecule has 12 heteroatoms. The molecule has 166 valence electrons. The molecule has 3 atom stereocenters. The van der Waals surface area contributed by atoms with Crippen molar-refractivity contribution in [1.82, 2.24) is 10.6 Å². The summed E-state index contributed by atoms with van der Waals surface area (Å²) in [5.74, 6) is -3.27. The molecule has 0 rings (SSSR count). The fraction of sp³-hybridized carbons (Fsp3) is 0.706. The van der Waals surface area contributed by atoms with Gasteiger partial charge < -0.3 is 26.6 Å². The van der Waals surface area contributed by atoms with Crippen LogP contribution in [-0.4, -0.2) is 76.8 Å². The molecule has 0 aromatic carbocycles. The van der Waals surface area contributed by atoms with Crippen LogP contribution in [-0.2, 0) is 24.0 Å². The van der Waals surface area contributed by atoms with Gasteiger partial charge in [-0.2, -0.15) is 0 Å².